The molecule has 3 rings (SSSR count). The first kappa shape index (κ1) is 17.9. The van der Waals surface area contributed by atoms with Gasteiger partial charge in [0.25, 0.3) is 5.91 Å². The van der Waals surface area contributed by atoms with Gasteiger partial charge in [0.1, 0.15) is 5.75 Å². The van der Waals surface area contributed by atoms with Crippen molar-refractivity contribution in [3.8, 4) is 5.75 Å². The molecule has 5 nitrogen and oxygen atoms in total. The van der Waals surface area contributed by atoms with E-state index in [0.717, 1.165) is 55.6 Å². The van der Waals surface area contributed by atoms with E-state index >= 15 is 0 Å². The maximum atomic E-state index is 12.3. The second-order valence-corrected chi connectivity index (χ2v) is 7.36. The van der Waals surface area contributed by atoms with Crippen molar-refractivity contribution in [2.75, 3.05) is 32.8 Å². The molecule has 2 aromatic rings. The number of nitrogens with zero attached hydrogens (tertiary/aromatic N) is 3. The van der Waals surface area contributed by atoms with Crippen LogP contribution in [0.25, 0.3) is 0 Å². The molecular weight excluding hydrogens is 334 g/mol. The highest BCUT2D eigenvalue weighted by molar-refractivity contribution is 7.09. The number of carbonyl (C=O) groups excluding carboxylic acids is 1. The molecule has 0 aliphatic carbocycles. The maximum absolute atomic E-state index is 12.3. The number of hydrogen-bond donors (Lipinski definition) is 0. The summed E-state index contributed by atoms with van der Waals surface area (Å²) in [5.74, 6) is 0.812. The lowest BCUT2D eigenvalue weighted by Crippen LogP contribution is -2.49. The first-order chi connectivity index (χ1) is 12.1. The summed E-state index contributed by atoms with van der Waals surface area (Å²) in [7, 11) is 0. The number of piperazine rings is 1. The maximum Gasteiger partial charge on any atom is 0.260 e. The first-order valence-corrected chi connectivity index (χ1v) is 9.65. The number of carbonyl (C=O) groups is 1. The molecular formula is C19H25N3O2S. The number of hydrogen-bond acceptors (Lipinski definition) is 5. The summed E-state index contributed by atoms with van der Waals surface area (Å²) >= 11 is 1.69. The van der Waals surface area contributed by atoms with Gasteiger partial charge in [-0.05, 0) is 31.0 Å². The average Bonchev–Trinajstić information content (AvgIpc) is 3.05. The molecule has 6 heteroatoms. The fourth-order valence-electron chi connectivity index (χ4n) is 2.92. The van der Waals surface area contributed by atoms with Crippen molar-refractivity contribution in [1.29, 1.82) is 0 Å². The minimum Gasteiger partial charge on any atom is -0.484 e. The summed E-state index contributed by atoms with van der Waals surface area (Å²) in [5.41, 5.74) is 2.39. The van der Waals surface area contributed by atoms with Crippen LogP contribution in [0.3, 0.4) is 0 Å². The Labute approximate surface area is 153 Å². The Hall–Kier alpha value is -1.92. The lowest BCUT2D eigenvalue weighted by Gasteiger charge is -2.34. The number of aryl methyl sites for hydroxylation is 2. The third-order valence-corrected chi connectivity index (χ3v) is 5.29. The molecule has 2 heterocycles. The van der Waals surface area contributed by atoms with Crippen LogP contribution in [0.2, 0.25) is 0 Å². The molecule has 134 valence electrons. The van der Waals surface area contributed by atoms with Gasteiger partial charge in [-0.15, -0.1) is 11.3 Å². The molecule has 1 aromatic carbocycles. The zero-order chi connectivity index (χ0) is 17.6. The van der Waals surface area contributed by atoms with E-state index in [1.807, 2.05) is 36.1 Å². The lowest BCUT2D eigenvalue weighted by atomic mass is 10.2. The van der Waals surface area contributed by atoms with E-state index in [0.29, 0.717) is 0 Å². The number of aromatic nitrogens is 1. The van der Waals surface area contributed by atoms with E-state index in [9.17, 15) is 4.79 Å². The summed E-state index contributed by atoms with van der Waals surface area (Å²) < 4.78 is 5.63. The van der Waals surface area contributed by atoms with Gasteiger partial charge >= 0.3 is 0 Å². The summed E-state index contributed by atoms with van der Waals surface area (Å²) in [6, 6.07) is 7.94. The SMILES string of the molecule is CCc1ccc(OCC(=O)N2CCN(Cc3csc(C)n3)CC2)cc1. The molecule has 1 aliphatic heterocycles. The van der Waals surface area contributed by atoms with Crippen LogP contribution in [0.5, 0.6) is 5.75 Å². The molecule has 0 saturated carbocycles. The van der Waals surface area contributed by atoms with Crippen LogP contribution in [0.15, 0.2) is 29.6 Å². The molecule has 25 heavy (non-hydrogen) atoms. The van der Waals surface area contributed by atoms with Gasteiger partial charge in [0.2, 0.25) is 0 Å². The number of rotatable bonds is 6. The molecule has 0 radical (unpaired) electrons. The quantitative estimate of drug-likeness (QED) is 0.796. The van der Waals surface area contributed by atoms with Crippen molar-refractivity contribution in [1.82, 2.24) is 14.8 Å². The monoisotopic (exact) mass is 359 g/mol. The lowest BCUT2D eigenvalue weighted by molar-refractivity contribution is -0.135. The zero-order valence-electron chi connectivity index (χ0n) is 14.9. The largest absolute Gasteiger partial charge is 0.484 e. The molecule has 0 N–H and O–H groups in total. The number of thiazole rings is 1. The van der Waals surface area contributed by atoms with Gasteiger partial charge in [-0.2, -0.15) is 0 Å². The van der Waals surface area contributed by atoms with E-state index < -0.39 is 0 Å². The van der Waals surface area contributed by atoms with Gasteiger partial charge in [-0.1, -0.05) is 19.1 Å². The van der Waals surface area contributed by atoms with Gasteiger partial charge in [0.05, 0.1) is 10.7 Å². The molecule has 1 aromatic heterocycles. The highest BCUT2D eigenvalue weighted by Gasteiger charge is 2.21. The van der Waals surface area contributed by atoms with Crippen LogP contribution in [0.1, 0.15) is 23.2 Å². The summed E-state index contributed by atoms with van der Waals surface area (Å²) in [4.78, 5) is 21.1. The highest BCUT2D eigenvalue weighted by atomic mass is 32.1. The Morgan fingerprint density at radius 2 is 1.92 bits per heavy atom. The predicted molar refractivity (Wildman–Crippen MR) is 100 cm³/mol. The summed E-state index contributed by atoms with van der Waals surface area (Å²) in [6.07, 6.45) is 1.00. The molecule has 0 bridgehead atoms. The van der Waals surface area contributed by atoms with Gasteiger partial charge in [0.15, 0.2) is 6.61 Å². The Bertz CT molecular complexity index is 691. The van der Waals surface area contributed by atoms with Crippen LogP contribution in [-0.2, 0) is 17.8 Å². The normalized spacial score (nSPS) is 15.4. The smallest absolute Gasteiger partial charge is 0.260 e. The van der Waals surface area contributed by atoms with Crippen LogP contribution in [0.4, 0.5) is 0 Å². The number of amides is 1. The second kappa shape index (κ2) is 8.45. The van der Waals surface area contributed by atoms with Gasteiger partial charge in [-0.3, -0.25) is 9.69 Å². The Morgan fingerprint density at radius 1 is 1.20 bits per heavy atom. The molecule has 1 amide bonds. The van der Waals surface area contributed by atoms with E-state index in [1.165, 1.54) is 5.56 Å². The van der Waals surface area contributed by atoms with Crippen LogP contribution < -0.4 is 4.74 Å². The van der Waals surface area contributed by atoms with E-state index in [1.54, 1.807) is 11.3 Å². The van der Waals surface area contributed by atoms with Crippen LogP contribution in [-0.4, -0.2) is 53.5 Å². The van der Waals surface area contributed by atoms with E-state index in [4.69, 9.17) is 4.74 Å². The van der Waals surface area contributed by atoms with Crippen LogP contribution >= 0.6 is 11.3 Å². The zero-order valence-corrected chi connectivity index (χ0v) is 15.7. The second-order valence-electron chi connectivity index (χ2n) is 6.30. The van der Waals surface area contributed by atoms with E-state index in [2.05, 4.69) is 22.2 Å². The van der Waals surface area contributed by atoms with Crippen molar-refractivity contribution < 1.29 is 9.53 Å². The molecule has 0 unspecified atom stereocenters. The molecule has 1 saturated heterocycles. The van der Waals surface area contributed by atoms with Gasteiger partial charge in [0, 0.05) is 38.1 Å². The van der Waals surface area contributed by atoms with Crippen molar-refractivity contribution in [3.05, 3.63) is 45.9 Å². The molecule has 0 spiro atoms. The summed E-state index contributed by atoms with van der Waals surface area (Å²) in [6.45, 7) is 8.39. The van der Waals surface area contributed by atoms with E-state index in [-0.39, 0.29) is 12.5 Å². The first-order valence-electron chi connectivity index (χ1n) is 8.77. The van der Waals surface area contributed by atoms with Crippen molar-refractivity contribution >= 4 is 17.2 Å². The van der Waals surface area contributed by atoms with Crippen molar-refractivity contribution in [2.24, 2.45) is 0 Å². The fraction of sp³-hybridized carbons (Fsp3) is 0.474. The topological polar surface area (TPSA) is 45.7 Å². The minimum atomic E-state index is 0.0590. The third kappa shape index (κ3) is 5.03. The van der Waals surface area contributed by atoms with Gasteiger partial charge in [-0.25, -0.2) is 4.98 Å². The predicted octanol–water partition coefficient (Wildman–Crippen LogP) is 2.74. The number of ether oxygens (including phenoxy) is 1. The third-order valence-electron chi connectivity index (χ3n) is 4.47. The van der Waals surface area contributed by atoms with Crippen LogP contribution in [0, 0.1) is 6.92 Å². The van der Waals surface area contributed by atoms with Crippen molar-refractivity contribution in [3.63, 3.8) is 0 Å². The average molecular weight is 359 g/mol. The molecule has 1 aliphatic rings. The minimum absolute atomic E-state index is 0.0590. The summed E-state index contributed by atoms with van der Waals surface area (Å²) in [5, 5.41) is 3.22. The van der Waals surface area contributed by atoms with Gasteiger partial charge < -0.3 is 9.64 Å². The Kier molecular flexibility index (Phi) is 6.04. The fourth-order valence-corrected chi connectivity index (χ4v) is 3.53. The van der Waals surface area contributed by atoms with Crippen molar-refractivity contribution in [2.45, 2.75) is 26.8 Å². The highest BCUT2D eigenvalue weighted by Crippen LogP contribution is 2.14. The number of benzene rings is 1. The molecule has 1 fully saturated rings. The standard InChI is InChI=1S/C19H25N3O2S/c1-3-16-4-6-18(7-5-16)24-13-19(23)22-10-8-21(9-11-22)12-17-14-25-15(2)20-17/h4-7,14H,3,8-13H2,1-2H3. The molecule has 0 atom stereocenters. The Morgan fingerprint density at radius 3 is 2.52 bits per heavy atom. The Balaban J connectivity index is 1.41.